The zero-order valence-electron chi connectivity index (χ0n) is 11.3. The summed E-state index contributed by atoms with van der Waals surface area (Å²) in [6.07, 6.45) is 0.540. The number of carboxylic acid groups (broad SMARTS) is 1. The van der Waals surface area contributed by atoms with Gasteiger partial charge < -0.3 is 9.84 Å². The Labute approximate surface area is 130 Å². The van der Waals surface area contributed by atoms with Gasteiger partial charge in [0.05, 0.1) is 18.2 Å². The number of ether oxygens (including phenoxy) is 1. The number of rotatable bonds is 4. The fourth-order valence-corrected chi connectivity index (χ4v) is 2.59. The van der Waals surface area contributed by atoms with Gasteiger partial charge in [-0.1, -0.05) is 30.3 Å². The maximum absolute atomic E-state index is 11.8. The first-order valence-corrected chi connectivity index (χ1v) is 7.00. The van der Waals surface area contributed by atoms with Crippen LogP contribution < -0.4 is 0 Å². The van der Waals surface area contributed by atoms with E-state index in [4.69, 9.17) is 4.74 Å². The van der Waals surface area contributed by atoms with Gasteiger partial charge in [0.1, 0.15) is 0 Å². The topological polar surface area (TPSA) is 63.6 Å². The molecular weight excluding hydrogens is 336 g/mol. The van der Waals surface area contributed by atoms with Crippen LogP contribution in [0.3, 0.4) is 0 Å². The van der Waals surface area contributed by atoms with E-state index in [1.54, 1.807) is 12.1 Å². The zero-order chi connectivity index (χ0) is 15.4. The highest BCUT2D eigenvalue weighted by atomic mass is 79.9. The minimum atomic E-state index is -1.10. The number of methoxy groups -OCH3 is 1. The number of halogens is 1. The van der Waals surface area contributed by atoms with Crippen LogP contribution in [0.25, 0.3) is 0 Å². The maximum atomic E-state index is 11.8. The van der Waals surface area contributed by atoms with Crippen molar-refractivity contribution in [2.75, 3.05) is 7.11 Å². The van der Waals surface area contributed by atoms with Crippen LogP contribution >= 0.6 is 15.9 Å². The van der Waals surface area contributed by atoms with Crippen molar-refractivity contribution in [3.8, 4) is 0 Å². The molecule has 1 N–H and O–H groups in total. The molecule has 0 bridgehead atoms. The Kier molecular flexibility index (Phi) is 4.75. The summed E-state index contributed by atoms with van der Waals surface area (Å²) in [5.41, 5.74) is 2.03. The van der Waals surface area contributed by atoms with Gasteiger partial charge in [0.15, 0.2) is 0 Å². The predicted octanol–water partition coefficient (Wildman–Crippen LogP) is 3.52. The number of carboxylic acids is 1. The first kappa shape index (κ1) is 15.3. The lowest BCUT2D eigenvalue weighted by atomic mass is 9.99. The first-order chi connectivity index (χ1) is 10.0. The van der Waals surface area contributed by atoms with Crippen molar-refractivity contribution in [3.63, 3.8) is 0 Å². The van der Waals surface area contributed by atoms with E-state index in [1.165, 1.54) is 7.11 Å². The number of benzene rings is 2. The quantitative estimate of drug-likeness (QED) is 0.858. The standard InChI is InChI=1S/C16H13BrO4/c1-21-16(20)13-9-11(7-10-5-3-2-4-6-10)8-12(14(13)17)15(18)19/h2-6,8-9H,7H2,1H3,(H,18,19). The second-order valence-corrected chi connectivity index (χ2v) is 5.26. The van der Waals surface area contributed by atoms with E-state index < -0.39 is 11.9 Å². The second kappa shape index (κ2) is 6.54. The number of aromatic carboxylic acids is 1. The van der Waals surface area contributed by atoms with Gasteiger partial charge in [-0.15, -0.1) is 0 Å². The van der Waals surface area contributed by atoms with Crippen molar-refractivity contribution >= 4 is 27.9 Å². The summed E-state index contributed by atoms with van der Waals surface area (Å²) in [4.78, 5) is 23.1. The average Bonchev–Trinajstić information content (AvgIpc) is 2.48. The monoisotopic (exact) mass is 348 g/mol. The molecule has 21 heavy (non-hydrogen) atoms. The normalized spacial score (nSPS) is 10.2. The lowest BCUT2D eigenvalue weighted by Crippen LogP contribution is -2.09. The van der Waals surface area contributed by atoms with Gasteiger partial charge in [0.2, 0.25) is 0 Å². The minimum Gasteiger partial charge on any atom is -0.478 e. The third-order valence-electron chi connectivity index (χ3n) is 3.02. The van der Waals surface area contributed by atoms with E-state index in [1.807, 2.05) is 30.3 Å². The number of carbonyl (C=O) groups is 2. The fraction of sp³-hybridized carbons (Fsp3) is 0.125. The van der Waals surface area contributed by atoms with Crippen LogP contribution in [0.4, 0.5) is 0 Å². The molecule has 0 atom stereocenters. The summed E-state index contributed by atoms with van der Waals surface area (Å²) in [6, 6.07) is 12.8. The van der Waals surface area contributed by atoms with Crippen LogP contribution in [-0.4, -0.2) is 24.2 Å². The number of hydrogen-bond donors (Lipinski definition) is 1. The van der Waals surface area contributed by atoms with Crippen molar-refractivity contribution in [1.82, 2.24) is 0 Å². The Morgan fingerprint density at radius 1 is 1.10 bits per heavy atom. The van der Waals surface area contributed by atoms with E-state index in [0.717, 1.165) is 11.1 Å². The molecule has 0 aliphatic heterocycles. The van der Waals surface area contributed by atoms with E-state index >= 15 is 0 Å². The molecule has 0 heterocycles. The number of hydrogen-bond acceptors (Lipinski definition) is 3. The van der Waals surface area contributed by atoms with Crippen molar-refractivity contribution < 1.29 is 19.4 Å². The summed E-state index contributed by atoms with van der Waals surface area (Å²) < 4.78 is 4.93. The van der Waals surface area contributed by atoms with Crippen molar-refractivity contribution in [2.45, 2.75) is 6.42 Å². The van der Waals surface area contributed by atoms with Crippen LogP contribution in [0, 0.1) is 0 Å². The van der Waals surface area contributed by atoms with Gasteiger partial charge in [0, 0.05) is 4.47 Å². The molecule has 2 rings (SSSR count). The molecule has 2 aromatic rings. The molecule has 5 heteroatoms. The highest BCUT2D eigenvalue weighted by molar-refractivity contribution is 9.10. The van der Waals surface area contributed by atoms with Gasteiger partial charge in [-0.3, -0.25) is 0 Å². The molecule has 0 aliphatic rings. The molecule has 0 aliphatic carbocycles. The van der Waals surface area contributed by atoms with Gasteiger partial charge in [-0.25, -0.2) is 9.59 Å². The van der Waals surface area contributed by atoms with Gasteiger partial charge in [-0.2, -0.15) is 0 Å². The third-order valence-corrected chi connectivity index (χ3v) is 3.87. The van der Waals surface area contributed by atoms with E-state index in [9.17, 15) is 14.7 Å². The summed E-state index contributed by atoms with van der Waals surface area (Å²) >= 11 is 3.16. The largest absolute Gasteiger partial charge is 0.478 e. The van der Waals surface area contributed by atoms with E-state index in [0.29, 0.717) is 6.42 Å². The van der Waals surface area contributed by atoms with E-state index in [-0.39, 0.29) is 15.6 Å². The molecule has 0 fully saturated rings. The van der Waals surface area contributed by atoms with Crippen molar-refractivity contribution in [1.29, 1.82) is 0 Å². The predicted molar refractivity (Wildman–Crippen MR) is 81.7 cm³/mol. The minimum absolute atomic E-state index is 0.0452. The van der Waals surface area contributed by atoms with Crippen LogP contribution in [0.5, 0.6) is 0 Å². The number of carbonyl (C=O) groups excluding carboxylic acids is 1. The Hall–Kier alpha value is -2.14. The van der Waals surface area contributed by atoms with Crippen LogP contribution in [0.1, 0.15) is 31.8 Å². The van der Waals surface area contributed by atoms with Crippen molar-refractivity contribution in [3.05, 3.63) is 69.2 Å². The SMILES string of the molecule is COC(=O)c1cc(Cc2ccccc2)cc(C(=O)O)c1Br. The Balaban J connectivity index is 2.49. The molecule has 0 saturated carbocycles. The molecule has 4 nitrogen and oxygen atoms in total. The molecule has 0 unspecified atom stereocenters. The Bertz CT molecular complexity index is 680. The molecule has 0 spiro atoms. The van der Waals surface area contributed by atoms with Gasteiger partial charge >= 0.3 is 11.9 Å². The lowest BCUT2D eigenvalue weighted by molar-refractivity contribution is 0.0599. The highest BCUT2D eigenvalue weighted by Gasteiger charge is 2.19. The summed E-state index contributed by atoms with van der Waals surface area (Å²) in [6.45, 7) is 0. The fourth-order valence-electron chi connectivity index (χ4n) is 2.03. The molecule has 2 aromatic carbocycles. The third kappa shape index (κ3) is 3.49. The van der Waals surface area contributed by atoms with Crippen molar-refractivity contribution in [2.24, 2.45) is 0 Å². The molecule has 108 valence electrons. The second-order valence-electron chi connectivity index (χ2n) is 4.46. The summed E-state index contributed by atoms with van der Waals surface area (Å²) in [5.74, 6) is -1.67. The Morgan fingerprint density at radius 3 is 2.29 bits per heavy atom. The molecule has 0 amide bonds. The average molecular weight is 349 g/mol. The molecule has 0 aromatic heterocycles. The maximum Gasteiger partial charge on any atom is 0.339 e. The Morgan fingerprint density at radius 2 is 1.71 bits per heavy atom. The lowest BCUT2D eigenvalue weighted by Gasteiger charge is -2.10. The molecule has 0 radical (unpaired) electrons. The number of esters is 1. The summed E-state index contributed by atoms with van der Waals surface area (Å²) in [7, 11) is 1.26. The first-order valence-electron chi connectivity index (χ1n) is 6.21. The van der Waals surface area contributed by atoms with Crippen LogP contribution in [0.15, 0.2) is 46.9 Å². The van der Waals surface area contributed by atoms with E-state index in [2.05, 4.69) is 15.9 Å². The molecule has 0 saturated heterocycles. The van der Waals surface area contributed by atoms with Gasteiger partial charge in [-0.05, 0) is 45.6 Å². The van der Waals surface area contributed by atoms with Crippen LogP contribution in [-0.2, 0) is 11.2 Å². The zero-order valence-corrected chi connectivity index (χ0v) is 12.9. The molecular formula is C16H13BrO4. The summed E-state index contributed by atoms with van der Waals surface area (Å²) in [5, 5.41) is 9.25. The smallest absolute Gasteiger partial charge is 0.339 e. The highest BCUT2D eigenvalue weighted by Crippen LogP contribution is 2.26. The van der Waals surface area contributed by atoms with Gasteiger partial charge in [0.25, 0.3) is 0 Å². The van der Waals surface area contributed by atoms with Crippen LogP contribution in [0.2, 0.25) is 0 Å².